The summed E-state index contributed by atoms with van der Waals surface area (Å²) in [5, 5.41) is 20.7. The van der Waals surface area contributed by atoms with E-state index in [9.17, 15) is 24.6 Å². The third-order valence-electron chi connectivity index (χ3n) is 6.63. The van der Waals surface area contributed by atoms with Crippen molar-refractivity contribution in [3.8, 4) is 11.5 Å². The Morgan fingerprint density at radius 3 is 2.21 bits per heavy atom. The zero-order chi connectivity index (χ0) is 27.6. The normalized spacial score (nSPS) is 16.7. The van der Waals surface area contributed by atoms with Crippen LogP contribution in [0.1, 0.15) is 58.4 Å². The summed E-state index contributed by atoms with van der Waals surface area (Å²) in [4.78, 5) is 39.4. The zero-order valence-corrected chi connectivity index (χ0v) is 21.6. The Kier molecular flexibility index (Phi) is 7.52. The first kappa shape index (κ1) is 26.5. The van der Waals surface area contributed by atoms with E-state index in [1.807, 2.05) is 13.8 Å². The van der Waals surface area contributed by atoms with Gasteiger partial charge >= 0.3 is 5.97 Å². The Morgan fingerprint density at radius 1 is 0.921 bits per heavy atom. The number of likely N-dealkylation sites (tertiary alicyclic amines) is 1. The zero-order valence-electron chi connectivity index (χ0n) is 21.6. The van der Waals surface area contributed by atoms with E-state index in [1.165, 1.54) is 24.1 Å². The molecule has 8 nitrogen and oxygen atoms in total. The molecule has 0 radical (unpaired) electrons. The SMILES string of the molecule is COc1cccc(C2/C(=C(/O)c3ccc(OC)c(C(C)C)c3)C(=O)C(=O)N2Cc2ccc(C(=O)O)cc2)c1. The average Bonchev–Trinajstić information content (AvgIpc) is 3.17. The minimum absolute atomic E-state index is 0.0307. The number of carboxylic acids is 1. The first-order valence-electron chi connectivity index (χ1n) is 12.1. The third kappa shape index (κ3) is 4.98. The van der Waals surface area contributed by atoms with Gasteiger partial charge < -0.3 is 24.6 Å². The predicted octanol–water partition coefficient (Wildman–Crippen LogP) is 5.15. The number of rotatable bonds is 8. The third-order valence-corrected chi connectivity index (χ3v) is 6.63. The standard InChI is InChI=1S/C30H29NO7/c1-17(2)23-15-21(12-13-24(23)38-4)27(32)25-26(20-6-5-7-22(14-20)37-3)31(29(34)28(25)33)16-18-8-10-19(11-9-18)30(35)36/h5-15,17,26,32H,16H2,1-4H3,(H,35,36)/b27-25-. The minimum atomic E-state index is -1.06. The fourth-order valence-corrected chi connectivity index (χ4v) is 4.64. The Bertz CT molecular complexity index is 1420. The quantitative estimate of drug-likeness (QED) is 0.242. The summed E-state index contributed by atoms with van der Waals surface area (Å²) < 4.78 is 10.8. The summed E-state index contributed by atoms with van der Waals surface area (Å²) in [6, 6.07) is 17.3. The van der Waals surface area contributed by atoms with Gasteiger partial charge in [0.05, 0.1) is 31.4 Å². The molecule has 0 aromatic heterocycles. The second kappa shape index (κ2) is 10.8. The van der Waals surface area contributed by atoms with Crippen LogP contribution in [0.5, 0.6) is 11.5 Å². The summed E-state index contributed by atoms with van der Waals surface area (Å²) in [6.07, 6.45) is 0. The number of aromatic carboxylic acids is 1. The van der Waals surface area contributed by atoms with Crippen LogP contribution < -0.4 is 9.47 Å². The molecule has 3 aromatic rings. The van der Waals surface area contributed by atoms with Crippen molar-refractivity contribution in [1.82, 2.24) is 4.90 Å². The summed E-state index contributed by atoms with van der Waals surface area (Å²) >= 11 is 0. The molecule has 196 valence electrons. The van der Waals surface area contributed by atoms with E-state index < -0.39 is 23.7 Å². The highest BCUT2D eigenvalue weighted by molar-refractivity contribution is 6.46. The van der Waals surface area contributed by atoms with E-state index in [-0.39, 0.29) is 29.4 Å². The van der Waals surface area contributed by atoms with Crippen molar-refractivity contribution in [3.63, 3.8) is 0 Å². The first-order chi connectivity index (χ1) is 18.2. The Morgan fingerprint density at radius 2 is 1.61 bits per heavy atom. The lowest BCUT2D eigenvalue weighted by atomic mass is 9.93. The van der Waals surface area contributed by atoms with Crippen molar-refractivity contribution in [2.45, 2.75) is 32.4 Å². The van der Waals surface area contributed by atoms with Crippen LogP contribution in [0, 0.1) is 0 Å². The van der Waals surface area contributed by atoms with Gasteiger partial charge in [-0.25, -0.2) is 4.79 Å². The second-order valence-electron chi connectivity index (χ2n) is 9.32. The van der Waals surface area contributed by atoms with E-state index in [2.05, 4.69) is 0 Å². The number of amides is 1. The van der Waals surface area contributed by atoms with Gasteiger partial charge in [0.2, 0.25) is 0 Å². The van der Waals surface area contributed by atoms with Gasteiger partial charge in [0, 0.05) is 12.1 Å². The molecule has 1 saturated heterocycles. The fourth-order valence-electron chi connectivity index (χ4n) is 4.64. The molecule has 2 N–H and O–H groups in total. The molecule has 4 rings (SSSR count). The summed E-state index contributed by atoms with van der Waals surface area (Å²) in [5.41, 5.74) is 2.54. The molecule has 1 fully saturated rings. The van der Waals surface area contributed by atoms with E-state index in [1.54, 1.807) is 61.7 Å². The van der Waals surface area contributed by atoms with Gasteiger partial charge in [0.1, 0.15) is 17.3 Å². The predicted molar refractivity (Wildman–Crippen MR) is 141 cm³/mol. The lowest BCUT2D eigenvalue weighted by molar-refractivity contribution is -0.140. The molecule has 0 spiro atoms. The van der Waals surface area contributed by atoms with Crippen LogP contribution >= 0.6 is 0 Å². The number of nitrogens with zero attached hydrogens (tertiary/aromatic N) is 1. The van der Waals surface area contributed by atoms with Crippen molar-refractivity contribution < 1.29 is 34.1 Å². The molecule has 0 bridgehead atoms. The highest BCUT2D eigenvalue weighted by Crippen LogP contribution is 2.42. The number of ketones is 1. The number of carbonyl (C=O) groups is 3. The van der Waals surface area contributed by atoms with Gasteiger partial charge in [-0.2, -0.15) is 0 Å². The average molecular weight is 516 g/mol. The maximum Gasteiger partial charge on any atom is 0.335 e. The summed E-state index contributed by atoms with van der Waals surface area (Å²) in [6.45, 7) is 4.02. The Hall–Kier alpha value is -4.59. The van der Waals surface area contributed by atoms with Gasteiger partial charge in [-0.1, -0.05) is 38.1 Å². The molecular formula is C30H29NO7. The Labute approximate surface area is 220 Å². The van der Waals surface area contributed by atoms with Gasteiger partial charge in [-0.05, 0) is 65.1 Å². The van der Waals surface area contributed by atoms with Crippen LogP contribution in [0.3, 0.4) is 0 Å². The van der Waals surface area contributed by atoms with Gasteiger partial charge in [-0.3, -0.25) is 9.59 Å². The largest absolute Gasteiger partial charge is 0.507 e. The topological polar surface area (TPSA) is 113 Å². The van der Waals surface area contributed by atoms with E-state index >= 15 is 0 Å². The van der Waals surface area contributed by atoms with E-state index in [0.29, 0.717) is 28.2 Å². The molecule has 0 aliphatic carbocycles. The number of hydrogen-bond donors (Lipinski definition) is 2. The molecule has 1 aliphatic heterocycles. The second-order valence-corrected chi connectivity index (χ2v) is 9.32. The summed E-state index contributed by atoms with van der Waals surface area (Å²) in [5.74, 6) is -1.64. The van der Waals surface area contributed by atoms with Gasteiger partial charge in [0.25, 0.3) is 11.7 Å². The molecule has 38 heavy (non-hydrogen) atoms. The first-order valence-corrected chi connectivity index (χ1v) is 12.1. The van der Waals surface area contributed by atoms with Crippen molar-refractivity contribution in [1.29, 1.82) is 0 Å². The number of ether oxygens (including phenoxy) is 2. The molecule has 0 saturated carbocycles. The number of hydrogen-bond acceptors (Lipinski definition) is 6. The number of carboxylic acid groups (broad SMARTS) is 1. The number of benzene rings is 3. The monoisotopic (exact) mass is 515 g/mol. The number of carbonyl (C=O) groups excluding carboxylic acids is 2. The number of aliphatic hydroxyl groups excluding tert-OH is 1. The molecule has 1 unspecified atom stereocenters. The highest BCUT2D eigenvalue weighted by Gasteiger charge is 2.46. The lowest BCUT2D eigenvalue weighted by Crippen LogP contribution is -2.29. The number of Topliss-reactive ketones (excluding diaryl/α,β-unsaturated/α-hetero) is 1. The summed E-state index contributed by atoms with van der Waals surface area (Å²) in [7, 11) is 3.09. The Balaban J connectivity index is 1.86. The number of methoxy groups -OCH3 is 2. The van der Waals surface area contributed by atoms with Crippen LogP contribution in [-0.4, -0.2) is 47.0 Å². The van der Waals surface area contributed by atoms with Crippen LogP contribution in [0.4, 0.5) is 0 Å². The van der Waals surface area contributed by atoms with Crippen LogP contribution in [0.25, 0.3) is 5.76 Å². The molecule has 8 heteroatoms. The molecule has 1 aliphatic rings. The van der Waals surface area contributed by atoms with Crippen LogP contribution in [0.2, 0.25) is 0 Å². The minimum Gasteiger partial charge on any atom is -0.507 e. The maximum atomic E-state index is 13.4. The van der Waals surface area contributed by atoms with Gasteiger partial charge in [0.15, 0.2) is 0 Å². The molecule has 1 atom stereocenters. The van der Waals surface area contributed by atoms with Crippen molar-refractivity contribution in [3.05, 3.63) is 100 Å². The lowest BCUT2D eigenvalue weighted by Gasteiger charge is -2.26. The van der Waals surface area contributed by atoms with Crippen molar-refractivity contribution in [2.24, 2.45) is 0 Å². The van der Waals surface area contributed by atoms with Crippen LogP contribution in [0.15, 0.2) is 72.3 Å². The molecular weight excluding hydrogens is 486 g/mol. The highest BCUT2D eigenvalue weighted by atomic mass is 16.5. The smallest absolute Gasteiger partial charge is 0.335 e. The maximum absolute atomic E-state index is 13.4. The van der Waals surface area contributed by atoms with Crippen molar-refractivity contribution in [2.75, 3.05) is 14.2 Å². The molecule has 1 amide bonds. The fraction of sp³-hybridized carbons (Fsp3) is 0.233. The van der Waals surface area contributed by atoms with E-state index in [4.69, 9.17) is 9.47 Å². The van der Waals surface area contributed by atoms with Crippen LogP contribution in [-0.2, 0) is 16.1 Å². The van der Waals surface area contributed by atoms with E-state index in [0.717, 1.165) is 5.56 Å². The van der Waals surface area contributed by atoms with Gasteiger partial charge in [-0.15, -0.1) is 0 Å². The molecule has 1 heterocycles. The van der Waals surface area contributed by atoms with Crippen molar-refractivity contribution >= 4 is 23.4 Å². The molecule has 3 aromatic carbocycles. The number of aliphatic hydroxyl groups is 1.